The topological polar surface area (TPSA) is 70.1 Å². The smallest absolute Gasteiger partial charge is 0.317 e. The Morgan fingerprint density at radius 2 is 2.08 bits per heavy atom. The highest BCUT2D eigenvalue weighted by Gasteiger charge is 2.25. The summed E-state index contributed by atoms with van der Waals surface area (Å²) >= 11 is 0. The van der Waals surface area contributed by atoms with Crippen LogP contribution in [0.15, 0.2) is 30.3 Å². The highest BCUT2D eigenvalue weighted by molar-refractivity contribution is 5.76. The molecule has 1 aliphatic heterocycles. The van der Waals surface area contributed by atoms with Gasteiger partial charge in [-0.05, 0) is 25.5 Å². The first kappa shape index (κ1) is 18.4. The average molecular weight is 334 g/mol. The van der Waals surface area contributed by atoms with Gasteiger partial charge in [-0.1, -0.05) is 30.3 Å². The first-order valence-electron chi connectivity index (χ1n) is 8.38. The molecule has 0 aromatic heterocycles. The Kier molecular flexibility index (Phi) is 7.21. The van der Waals surface area contributed by atoms with Gasteiger partial charge in [0.25, 0.3) is 0 Å². The van der Waals surface area contributed by atoms with Crippen LogP contribution >= 0.6 is 0 Å². The number of carbonyl (C=O) groups is 2. The van der Waals surface area contributed by atoms with Crippen molar-refractivity contribution in [1.82, 2.24) is 9.80 Å². The lowest BCUT2D eigenvalue weighted by Crippen LogP contribution is -2.49. The molecule has 6 heteroatoms. The fourth-order valence-electron chi connectivity index (χ4n) is 2.95. The van der Waals surface area contributed by atoms with Gasteiger partial charge in [-0.15, -0.1) is 0 Å². The molecule has 0 radical (unpaired) electrons. The number of likely N-dealkylation sites (N-methyl/N-ethyl adjacent to an activating group) is 1. The van der Waals surface area contributed by atoms with Crippen LogP contribution in [0, 0.1) is 0 Å². The summed E-state index contributed by atoms with van der Waals surface area (Å²) in [6.07, 6.45) is 2.15. The molecule has 6 nitrogen and oxygen atoms in total. The van der Waals surface area contributed by atoms with Gasteiger partial charge in [-0.25, -0.2) is 0 Å². The standard InChI is InChI=1S/C18H26N2O4/c1-19(14-18(22)23)12-16-13-20(10-11-24-16)17(21)9-5-8-15-6-3-2-4-7-15/h2-4,6-7,16H,5,8-14H2,1H3,(H,22,23). The third kappa shape index (κ3) is 6.29. The van der Waals surface area contributed by atoms with E-state index in [1.54, 1.807) is 11.9 Å². The van der Waals surface area contributed by atoms with Crippen LogP contribution in [-0.2, 0) is 20.7 Å². The van der Waals surface area contributed by atoms with E-state index in [4.69, 9.17) is 9.84 Å². The number of hydrogen-bond donors (Lipinski definition) is 1. The zero-order valence-electron chi connectivity index (χ0n) is 14.2. The molecule has 0 saturated carbocycles. The van der Waals surface area contributed by atoms with Gasteiger partial charge in [0, 0.05) is 26.1 Å². The number of carboxylic acid groups (broad SMARTS) is 1. The molecule has 1 atom stereocenters. The second kappa shape index (κ2) is 9.39. The predicted octanol–water partition coefficient (Wildman–Crippen LogP) is 1.25. The van der Waals surface area contributed by atoms with Crippen molar-refractivity contribution in [3.8, 4) is 0 Å². The number of carbonyl (C=O) groups excluding carboxylic acids is 1. The third-order valence-electron chi connectivity index (χ3n) is 4.11. The maximum absolute atomic E-state index is 12.4. The largest absolute Gasteiger partial charge is 0.480 e. The van der Waals surface area contributed by atoms with Crippen LogP contribution < -0.4 is 0 Å². The predicted molar refractivity (Wildman–Crippen MR) is 90.8 cm³/mol. The molecule has 24 heavy (non-hydrogen) atoms. The van der Waals surface area contributed by atoms with Crippen molar-refractivity contribution < 1.29 is 19.4 Å². The number of hydrogen-bond acceptors (Lipinski definition) is 4. The number of amides is 1. The van der Waals surface area contributed by atoms with Gasteiger partial charge in [0.05, 0.1) is 19.3 Å². The van der Waals surface area contributed by atoms with Crippen molar-refractivity contribution in [1.29, 1.82) is 0 Å². The molecule has 1 unspecified atom stereocenters. The molecule has 0 spiro atoms. The van der Waals surface area contributed by atoms with Gasteiger partial charge < -0.3 is 14.7 Å². The molecule has 0 bridgehead atoms. The summed E-state index contributed by atoms with van der Waals surface area (Å²) in [5.41, 5.74) is 1.25. The highest BCUT2D eigenvalue weighted by atomic mass is 16.5. The summed E-state index contributed by atoms with van der Waals surface area (Å²) in [5, 5.41) is 8.80. The minimum absolute atomic E-state index is 0.0229. The van der Waals surface area contributed by atoms with Gasteiger partial charge in [0.2, 0.25) is 5.91 Å². The average Bonchev–Trinajstić information content (AvgIpc) is 2.55. The maximum atomic E-state index is 12.4. The van der Waals surface area contributed by atoms with Crippen molar-refractivity contribution in [2.24, 2.45) is 0 Å². The summed E-state index contributed by atoms with van der Waals surface area (Å²) in [4.78, 5) is 26.6. The summed E-state index contributed by atoms with van der Waals surface area (Å²) in [6.45, 7) is 2.15. The van der Waals surface area contributed by atoms with Gasteiger partial charge in [-0.3, -0.25) is 14.5 Å². The third-order valence-corrected chi connectivity index (χ3v) is 4.11. The van der Waals surface area contributed by atoms with E-state index in [1.165, 1.54) is 5.56 Å². The molecular weight excluding hydrogens is 308 g/mol. The van der Waals surface area contributed by atoms with Crippen LogP contribution in [-0.4, -0.2) is 72.7 Å². The zero-order valence-corrected chi connectivity index (χ0v) is 14.2. The monoisotopic (exact) mass is 334 g/mol. The fourth-order valence-corrected chi connectivity index (χ4v) is 2.95. The molecule has 1 aromatic carbocycles. The van der Waals surface area contributed by atoms with Crippen molar-refractivity contribution in [2.75, 3.05) is 39.8 Å². The first-order valence-corrected chi connectivity index (χ1v) is 8.38. The lowest BCUT2D eigenvalue weighted by atomic mass is 10.1. The SMILES string of the molecule is CN(CC(=O)O)CC1CN(C(=O)CCCc2ccccc2)CCO1. The number of ether oxygens (including phenoxy) is 1. The molecule has 1 aliphatic rings. The van der Waals surface area contributed by atoms with E-state index in [0.717, 1.165) is 12.8 Å². The van der Waals surface area contributed by atoms with E-state index in [1.807, 2.05) is 23.1 Å². The maximum Gasteiger partial charge on any atom is 0.317 e. The number of benzene rings is 1. The molecule has 1 heterocycles. The normalized spacial score (nSPS) is 17.9. The van der Waals surface area contributed by atoms with E-state index in [9.17, 15) is 9.59 Å². The van der Waals surface area contributed by atoms with Crippen molar-refractivity contribution in [3.63, 3.8) is 0 Å². The fraction of sp³-hybridized carbons (Fsp3) is 0.556. The Balaban J connectivity index is 1.72. The molecule has 1 N–H and O–H groups in total. The Bertz CT molecular complexity index is 535. The van der Waals surface area contributed by atoms with Crippen LogP contribution in [0.25, 0.3) is 0 Å². The molecule has 0 aliphatic carbocycles. The molecule has 2 rings (SSSR count). The van der Waals surface area contributed by atoms with Crippen LogP contribution in [0.5, 0.6) is 0 Å². The second-order valence-electron chi connectivity index (χ2n) is 6.26. The van der Waals surface area contributed by atoms with E-state index in [2.05, 4.69) is 12.1 Å². The van der Waals surface area contributed by atoms with Crippen molar-refractivity contribution in [3.05, 3.63) is 35.9 Å². The lowest BCUT2D eigenvalue weighted by Gasteiger charge is -2.34. The number of nitrogens with zero attached hydrogens (tertiary/aromatic N) is 2. The Hall–Kier alpha value is -1.92. The van der Waals surface area contributed by atoms with Gasteiger partial charge >= 0.3 is 5.97 Å². The summed E-state index contributed by atoms with van der Waals surface area (Å²) < 4.78 is 5.66. The molecule has 1 fully saturated rings. The van der Waals surface area contributed by atoms with Gasteiger partial charge in [-0.2, -0.15) is 0 Å². The first-order chi connectivity index (χ1) is 11.5. The van der Waals surface area contributed by atoms with Gasteiger partial charge in [0.1, 0.15) is 0 Å². The second-order valence-corrected chi connectivity index (χ2v) is 6.26. The molecular formula is C18H26N2O4. The van der Waals surface area contributed by atoms with Crippen molar-refractivity contribution in [2.45, 2.75) is 25.4 Å². The Morgan fingerprint density at radius 3 is 2.79 bits per heavy atom. The number of aryl methyl sites for hydroxylation is 1. The number of carboxylic acids is 1. The highest BCUT2D eigenvalue weighted by Crippen LogP contribution is 2.11. The number of rotatable bonds is 8. The lowest BCUT2D eigenvalue weighted by molar-refractivity contribution is -0.142. The van der Waals surface area contributed by atoms with E-state index in [0.29, 0.717) is 32.7 Å². The summed E-state index contributed by atoms with van der Waals surface area (Å²) in [7, 11) is 1.75. The number of morpholine rings is 1. The van der Waals surface area contributed by atoms with Crippen LogP contribution in [0.4, 0.5) is 0 Å². The van der Waals surface area contributed by atoms with Crippen molar-refractivity contribution >= 4 is 11.9 Å². The Morgan fingerprint density at radius 1 is 1.33 bits per heavy atom. The minimum Gasteiger partial charge on any atom is -0.480 e. The molecule has 132 valence electrons. The van der Waals surface area contributed by atoms with E-state index in [-0.39, 0.29) is 18.6 Å². The molecule has 1 saturated heterocycles. The summed E-state index contributed by atoms with van der Waals surface area (Å²) in [6, 6.07) is 10.2. The van der Waals surface area contributed by atoms with Crippen LogP contribution in [0.2, 0.25) is 0 Å². The van der Waals surface area contributed by atoms with Crippen LogP contribution in [0.3, 0.4) is 0 Å². The van der Waals surface area contributed by atoms with E-state index >= 15 is 0 Å². The minimum atomic E-state index is -0.859. The quantitative estimate of drug-likeness (QED) is 0.775. The summed E-state index contributed by atoms with van der Waals surface area (Å²) in [5.74, 6) is -0.706. The zero-order chi connectivity index (χ0) is 17.4. The number of aliphatic carboxylic acids is 1. The Labute approximate surface area is 143 Å². The van der Waals surface area contributed by atoms with Gasteiger partial charge in [0.15, 0.2) is 0 Å². The van der Waals surface area contributed by atoms with Crippen LogP contribution in [0.1, 0.15) is 18.4 Å². The molecule has 1 aromatic rings. The van der Waals surface area contributed by atoms with E-state index < -0.39 is 5.97 Å². The molecule has 1 amide bonds.